The van der Waals surface area contributed by atoms with E-state index >= 15 is 0 Å². The van der Waals surface area contributed by atoms with Crippen molar-refractivity contribution in [1.82, 2.24) is 10.4 Å². The molecule has 0 radical (unpaired) electrons. The van der Waals surface area contributed by atoms with Gasteiger partial charge in [-0.15, -0.1) is 0 Å². The predicted molar refractivity (Wildman–Crippen MR) is 80.0 cm³/mol. The minimum Gasteiger partial charge on any atom is -0.450 e. The Hall–Kier alpha value is -2.08. The molecule has 1 aliphatic rings. The summed E-state index contributed by atoms with van der Waals surface area (Å²) in [4.78, 5) is 23.4. The smallest absolute Gasteiger partial charge is 0.411 e. The number of benzene rings is 1. The summed E-state index contributed by atoms with van der Waals surface area (Å²) >= 11 is 0. The fourth-order valence-electron chi connectivity index (χ4n) is 2.20. The van der Waals surface area contributed by atoms with Crippen LogP contribution in [0.15, 0.2) is 24.3 Å². The van der Waals surface area contributed by atoms with Crippen LogP contribution in [0.3, 0.4) is 0 Å². The van der Waals surface area contributed by atoms with Crippen molar-refractivity contribution in [3.05, 3.63) is 29.8 Å². The molecule has 6 nitrogen and oxygen atoms in total. The van der Waals surface area contributed by atoms with E-state index in [1.165, 1.54) is 6.42 Å². The second-order valence-corrected chi connectivity index (χ2v) is 4.91. The van der Waals surface area contributed by atoms with E-state index in [-0.39, 0.29) is 5.91 Å². The van der Waals surface area contributed by atoms with E-state index in [1.807, 2.05) is 5.01 Å². The van der Waals surface area contributed by atoms with Gasteiger partial charge in [-0.1, -0.05) is 6.42 Å². The number of rotatable bonds is 4. The van der Waals surface area contributed by atoms with Gasteiger partial charge in [-0.05, 0) is 44.0 Å². The predicted octanol–water partition coefficient (Wildman–Crippen LogP) is 2.39. The van der Waals surface area contributed by atoms with Gasteiger partial charge in [0.25, 0.3) is 5.91 Å². The van der Waals surface area contributed by atoms with E-state index in [2.05, 4.69) is 10.7 Å². The van der Waals surface area contributed by atoms with E-state index in [9.17, 15) is 9.59 Å². The van der Waals surface area contributed by atoms with E-state index in [0.717, 1.165) is 25.9 Å². The largest absolute Gasteiger partial charge is 0.450 e. The van der Waals surface area contributed by atoms with Gasteiger partial charge in [0.05, 0.1) is 6.61 Å². The van der Waals surface area contributed by atoms with E-state index in [4.69, 9.17) is 4.74 Å². The second-order valence-electron chi connectivity index (χ2n) is 4.91. The first-order chi connectivity index (χ1) is 10.2. The van der Waals surface area contributed by atoms with Crippen LogP contribution in [0.1, 0.15) is 36.5 Å². The van der Waals surface area contributed by atoms with Crippen LogP contribution in [0.5, 0.6) is 0 Å². The number of anilines is 1. The van der Waals surface area contributed by atoms with Crippen molar-refractivity contribution in [3.63, 3.8) is 0 Å². The molecule has 2 N–H and O–H groups in total. The van der Waals surface area contributed by atoms with Gasteiger partial charge in [0.1, 0.15) is 0 Å². The third kappa shape index (κ3) is 4.75. The Morgan fingerprint density at radius 2 is 1.81 bits per heavy atom. The highest BCUT2D eigenvalue weighted by Gasteiger charge is 2.14. The molecule has 1 aliphatic heterocycles. The molecular formula is C15H21N3O3. The topological polar surface area (TPSA) is 70.7 Å². The lowest BCUT2D eigenvalue weighted by Gasteiger charge is -2.26. The number of piperidine rings is 1. The van der Waals surface area contributed by atoms with Crippen LogP contribution in [-0.4, -0.2) is 36.7 Å². The van der Waals surface area contributed by atoms with Crippen molar-refractivity contribution < 1.29 is 14.3 Å². The Labute approximate surface area is 124 Å². The summed E-state index contributed by atoms with van der Waals surface area (Å²) in [5, 5.41) is 4.54. The van der Waals surface area contributed by atoms with Crippen molar-refractivity contribution >= 4 is 17.7 Å². The van der Waals surface area contributed by atoms with Gasteiger partial charge in [0, 0.05) is 24.3 Å². The van der Waals surface area contributed by atoms with Crippen molar-refractivity contribution in [2.24, 2.45) is 0 Å². The van der Waals surface area contributed by atoms with Crippen molar-refractivity contribution in [2.45, 2.75) is 26.2 Å². The highest BCUT2D eigenvalue weighted by molar-refractivity contribution is 5.94. The Balaban J connectivity index is 1.88. The minimum atomic E-state index is -0.497. The maximum atomic E-state index is 12.1. The van der Waals surface area contributed by atoms with Gasteiger partial charge in [-0.3, -0.25) is 15.5 Å². The zero-order valence-electron chi connectivity index (χ0n) is 12.2. The lowest BCUT2D eigenvalue weighted by atomic mass is 10.1. The van der Waals surface area contributed by atoms with Crippen molar-refractivity contribution in [1.29, 1.82) is 0 Å². The van der Waals surface area contributed by atoms with Crippen LogP contribution in [0.4, 0.5) is 10.5 Å². The minimum absolute atomic E-state index is 0.125. The molecule has 114 valence electrons. The van der Waals surface area contributed by atoms with Gasteiger partial charge in [-0.25, -0.2) is 9.80 Å². The molecule has 1 saturated heterocycles. The summed E-state index contributed by atoms with van der Waals surface area (Å²) in [6.07, 6.45) is 2.95. The summed E-state index contributed by atoms with van der Waals surface area (Å²) in [6, 6.07) is 6.73. The lowest BCUT2D eigenvalue weighted by Crippen LogP contribution is -2.45. The molecule has 2 rings (SSSR count). The first kappa shape index (κ1) is 15.3. The molecule has 6 heteroatoms. The maximum absolute atomic E-state index is 12.1. The lowest BCUT2D eigenvalue weighted by molar-refractivity contribution is 0.0750. The molecule has 0 bridgehead atoms. The average molecular weight is 291 g/mol. The zero-order chi connectivity index (χ0) is 15.1. The number of amides is 2. The quantitative estimate of drug-likeness (QED) is 0.893. The molecule has 1 aromatic carbocycles. The standard InChI is InChI=1S/C15H21N3O3/c1-2-21-15(20)16-13-8-6-12(7-9-13)14(19)17-18-10-4-3-5-11-18/h6-9H,2-5,10-11H2,1H3,(H,16,20)(H,17,19). The maximum Gasteiger partial charge on any atom is 0.411 e. The van der Waals surface area contributed by atoms with E-state index in [0.29, 0.717) is 17.9 Å². The van der Waals surface area contributed by atoms with Gasteiger partial charge in [0.2, 0.25) is 0 Å². The number of hydrogen-bond donors (Lipinski definition) is 2. The first-order valence-electron chi connectivity index (χ1n) is 7.29. The highest BCUT2D eigenvalue weighted by Crippen LogP contribution is 2.11. The summed E-state index contributed by atoms with van der Waals surface area (Å²) in [7, 11) is 0. The van der Waals surface area contributed by atoms with Crippen LogP contribution in [-0.2, 0) is 4.74 Å². The summed E-state index contributed by atoms with van der Waals surface area (Å²) in [6.45, 7) is 3.86. The fraction of sp³-hybridized carbons (Fsp3) is 0.467. The van der Waals surface area contributed by atoms with Gasteiger partial charge in [0.15, 0.2) is 0 Å². The van der Waals surface area contributed by atoms with Crippen LogP contribution < -0.4 is 10.7 Å². The summed E-state index contributed by atoms with van der Waals surface area (Å²) < 4.78 is 4.79. The number of carbonyl (C=O) groups excluding carboxylic acids is 2. The second kappa shape index (κ2) is 7.64. The number of nitrogens with zero attached hydrogens (tertiary/aromatic N) is 1. The Kier molecular flexibility index (Phi) is 5.57. The molecule has 0 aliphatic carbocycles. The molecule has 0 atom stereocenters. The van der Waals surface area contributed by atoms with E-state index in [1.54, 1.807) is 31.2 Å². The highest BCUT2D eigenvalue weighted by atomic mass is 16.5. The van der Waals surface area contributed by atoms with Crippen LogP contribution in [0.2, 0.25) is 0 Å². The molecule has 0 unspecified atom stereocenters. The van der Waals surface area contributed by atoms with Crippen molar-refractivity contribution in [3.8, 4) is 0 Å². The molecule has 1 heterocycles. The normalized spacial score (nSPS) is 15.3. The van der Waals surface area contributed by atoms with Crippen LogP contribution in [0, 0.1) is 0 Å². The number of hydrogen-bond acceptors (Lipinski definition) is 4. The third-order valence-electron chi connectivity index (χ3n) is 3.28. The molecule has 1 fully saturated rings. The Morgan fingerprint density at radius 3 is 2.43 bits per heavy atom. The molecule has 21 heavy (non-hydrogen) atoms. The fourth-order valence-corrected chi connectivity index (χ4v) is 2.20. The SMILES string of the molecule is CCOC(=O)Nc1ccc(C(=O)NN2CCCCC2)cc1. The summed E-state index contributed by atoms with van der Waals surface area (Å²) in [5.41, 5.74) is 4.06. The zero-order valence-corrected chi connectivity index (χ0v) is 12.2. The number of carbonyl (C=O) groups is 2. The third-order valence-corrected chi connectivity index (χ3v) is 3.28. The van der Waals surface area contributed by atoms with E-state index < -0.39 is 6.09 Å². The molecule has 2 amide bonds. The van der Waals surface area contributed by atoms with Crippen LogP contribution in [0.25, 0.3) is 0 Å². The Bertz CT molecular complexity index is 481. The average Bonchev–Trinajstić information content (AvgIpc) is 2.49. The van der Waals surface area contributed by atoms with Crippen LogP contribution >= 0.6 is 0 Å². The van der Waals surface area contributed by atoms with Gasteiger partial charge in [-0.2, -0.15) is 0 Å². The number of nitrogens with one attached hydrogen (secondary N) is 2. The van der Waals surface area contributed by atoms with Gasteiger partial charge >= 0.3 is 6.09 Å². The molecule has 0 aromatic heterocycles. The number of ether oxygens (including phenoxy) is 1. The summed E-state index contributed by atoms with van der Waals surface area (Å²) in [5.74, 6) is -0.125. The van der Waals surface area contributed by atoms with Gasteiger partial charge < -0.3 is 4.74 Å². The Morgan fingerprint density at radius 1 is 1.14 bits per heavy atom. The monoisotopic (exact) mass is 291 g/mol. The molecule has 0 spiro atoms. The molecule has 0 saturated carbocycles. The van der Waals surface area contributed by atoms with Crippen molar-refractivity contribution in [2.75, 3.05) is 25.0 Å². The first-order valence-corrected chi connectivity index (χ1v) is 7.29. The number of hydrazine groups is 1. The molecular weight excluding hydrogens is 270 g/mol. The molecule has 1 aromatic rings.